The molecule has 3 aromatic heterocycles. The van der Waals surface area contributed by atoms with Crippen LogP contribution in [0.2, 0.25) is 0 Å². The van der Waals surface area contributed by atoms with Gasteiger partial charge >= 0.3 is 0 Å². The maximum absolute atomic E-state index is 5.21. The molecule has 0 fully saturated rings. The van der Waals surface area contributed by atoms with E-state index in [4.69, 9.17) is 15.0 Å². The minimum Gasteiger partial charge on any atom is -0.309 e. The van der Waals surface area contributed by atoms with Gasteiger partial charge in [-0.2, -0.15) is 0 Å². The summed E-state index contributed by atoms with van der Waals surface area (Å²) in [6.45, 7) is 0. The summed E-state index contributed by atoms with van der Waals surface area (Å²) in [4.78, 5) is 15.4. The first-order valence-corrected chi connectivity index (χ1v) is 17.5. The number of benzene rings is 7. The molecular formula is C45H28N4S. The lowest BCUT2D eigenvalue weighted by atomic mass is 9.99. The monoisotopic (exact) mass is 656 g/mol. The van der Waals surface area contributed by atoms with E-state index in [0.717, 1.165) is 38.8 Å². The smallest absolute Gasteiger partial charge is 0.164 e. The van der Waals surface area contributed by atoms with Crippen molar-refractivity contribution < 1.29 is 0 Å². The minimum atomic E-state index is 0.650. The maximum Gasteiger partial charge on any atom is 0.164 e. The zero-order valence-corrected chi connectivity index (χ0v) is 27.7. The predicted octanol–water partition coefficient (Wildman–Crippen LogP) is 12.0. The molecule has 0 N–H and O–H groups in total. The van der Waals surface area contributed by atoms with Crippen molar-refractivity contribution in [1.82, 2.24) is 19.5 Å². The summed E-state index contributed by atoms with van der Waals surface area (Å²) in [5.74, 6) is 1.95. The van der Waals surface area contributed by atoms with Gasteiger partial charge in [-0.15, -0.1) is 11.3 Å². The zero-order chi connectivity index (χ0) is 33.0. The van der Waals surface area contributed by atoms with Gasteiger partial charge in [0.05, 0.1) is 11.0 Å². The van der Waals surface area contributed by atoms with Crippen molar-refractivity contribution in [2.45, 2.75) is 0 Å². The van der Waals surface area contributed by atoms with Gasteiger partial charge in [0.15, 0.2) is 17.5 Å². The standard InChI is InChI=1S/C45H28N4S/c1-4-15-29(16-5-1)33-23-14-25-38-41(33)34-21-10-12-24-37(34)49(38)32-27-36(42-35-22-11-13-26-39(35)50-40(42)28-32)45-47-43(30-17-6-2-7-18-30)46-44(48-45)31-19-8-3-9-20-31/h1-28H. The molecular weight excluding hydrogens is 629 g/mol. The topological polar surface area (TPSA) is 43.6 Å². The Morgan fingerprint density at radius 1 is 0.380 bits per heavy atom. The molecule has 0 aliphatic rings. The van der Waals surface area contributed by atoms with Crippen LogP contribution in [0, 0.1) is 0 Å². The normalized spacial score (nSPS) is 11.6. The van der Waals surface area contributed by atoms with Gasteiger partial charge in [-0.05, 0) is 41.5 Å². The van der Waals surface area contributed by atoms with Crippen molar-refractivity contribution in [2.75, 3.05) is 0 Å². The fraction of sp³-hybridized carbons (Fsp3) is 0. The van der Waals surface area contributed by atoms with E-state index in [1.165, 1.54) is 36.7 Å². The molecule has 0 aliphatic heterocycles. The van der Waals surface area contributed by atoms with Crippen LogP contribution in [-0.4, -0.2) is 19.5 Å². The molecule has 0 radical (unpaired) electrons. The van der Waals surface area contributed by atoms with Gasteiger partial charge in [-0.25, -0.2) is 15.0 Å². The second-order valence-electron chi connectivity index (χ2n) is 12.4. The van der Waals surface area contributed by atoms with E-state index in [0.29, 0.717) is 17.5 Å². The van der Waals surface area contributed by atoms with Gasteiger partial charge in [0.2, 0.25) is 0 Å². The first-order chi connectivity index (χ1) is 24.8. The molecule has 0 atom stereocenters. The van der Waals surface area contributed by atoms with Crippen molar-refractivity contribution in [3.8, 4) is 51.0 Å². The molecule has 4 nitrogen and oxygen atoms in total. The fourth-order valence-electron chi connectivity index (χ4n) is 7.23. The van der Waals surface area contributed by atoms with Crippen molar-refractivity contribution in [1.29, 1.82) is 0 Å². The summed E-state index contributed by atoms with van der Waals surface area (Å²) in [6.07, 6.45) is 0. The van der Waals surface area contributed by atoms with Gasteiger partial charge in [0.1, 0.15) is 0 Å². The first kappa shape index (κ1) is 28.6. The van der Waals surface area contributed by atoms with Crippen molar-refractivity contribution >= 4 is 53.3 Å². The van der Waals surface area contributed by atoms with Gasteiger partial charge in [-0.1, -0.05) is 140 Å². The number of hydrogen-bond acceptors (Lipinski definition) is 4. The Kier molecular flexibility index (Phi) is 6.64. The predicted molar refractivity (Wildman–Crippen MR) is 209 cm³/mol. The highest BCUT2D eigenvalue weighted by molar-refractivity contribution is 7.26. The third-order valence-electron chi connectivity index (χ3n) is 9.44. The van der Waals surface area contributed by atoms with Gasteiger partial charge < -0.3 is 4.57 Å². The number of nitrogens with zero attached hydrogens (tertiary/aromatic N) is 4. The third kappa shape index (κ3) is 4.63. The van der Waals surface area contributed by atoms with Gasteiger partial charge in [0.25, 0.3) is 0 Å². The summed E-state index contributed by atoms with van der Waals surface area (Å²) in [6, 6.07) is 59.7. The van der Waals surface area contributed by atoms with E-state index in [-0.39, 0.29) is 0 Å². The summed E-state index contributed by atoms with van der Waals surface area (Å²) >= 11 is 1.81. The van der Waals surface area contributed by atoms with Gasteiger partial charge in [0, 0.05) is 53.3 Å². The highest BCUT2D eigenvalue weighted by atomic mass is 32.1. The molecule has 0 unspecified atom stereocenters. The van der Waals surface area contributed by atoms with E-state index in [9.17, 15) is 0 Å². The van der Waals surface area contributed by atoms with E-state index >= 15 is 0 Å². The molecule has 0 saturated heterocycles. The average Bonchev–Trinajstić information content (AvgIpc) is 3.74. The van der Waals surface area contributed by atoms with E-state index < -0.39 is 0 Å². The molecule has 50 heavy (non-hydrogen) atoms. The summed E-state index contributed by atoms with van der Waals surface area (Å²) in [5, 5.41) is 4.82. The van der Waals surface area contributed by atoms with Crippen LogP contribution < -0.4 is 0 Å². The number of aromatic nitrogens is 4. The van der Waals surface area contributed by atoms with E-state index in [1.54, 1.807) is 0 Å². The van der Waals surface area contributed by atoms with Crippen molar-refractivity contribution in [3.63, 3.8) is 0 Å². The lowest BCUT2D eigenvalue weighted by molar-refractivity contribution is 1.07. The molecule has 0 bridgehead atoms. The quantitative estimate of drug-likeness (QED) is 0.185. The minimum absolute atomic E-state index is 0.650. The zero-order valence-electron chi connectivity index (χ0n) is 26.9. The maximum atomic E-state index is 5.21. The highest BCUT2D eigenvalue weighted by Gasteiger charge is 2.21. The number of fused-ring (bicyclic) bond motifs is 6. The molecule has 5 heteroatoms. The molecule has 10 aromatic rings. The van der Waals surface area contributed by atoms with Crippen molar-refractivity contribution in [2.24, 2.45) is 0 Å². The third-order valence-corrected chi connectivity index (χ3v) is 10.6. The summed E-state index contributed by atoms with van der Waals surface area (Å²) < 4.78 is 4.82. The Labute approximate surface area is 292 Å². The Balaban J connectivity index is 1.31. The van der Waals surface area contributed by atoms with Crippen LogP contribution in [0.3, 0.4) is 0 Å². The van der Waals surface area contributed by atoms with Crippen molar-refractivity contribution in [3.05, 3.63) is 170 Å². The number of thiophene rings is 1. The molecule has 7 aromatic carbocycles. The number of rotatable bonds is 5. The second-order valence-corrected chi connectivity index (χ2v) is 13.5. The van der Waals surface area contributed by atoms with Crippen LogP contribution in [0.25, 0.3) is 93.0 Å². The SMILES string of the molecule is c1ccc(-c2nc(-c3ccccc3)nc(-c3cc(-n4c5ccccc5c5c(-c6ccccc6)cccc54)cc4sc5ccccc5c34)n2)cc1. The second kappa shape index (κ2) is 11.6. The molecule has 0 saturated carbocycles. The molecule has 3 heterocycles. The molecule has 0 aliphatic carbocycles. The van der Waals surface area contributed by atoms with Gasteiger partial charge in [-0.3, -0.25) is 0 Å². The van der Waals surface area contributed by atoms with Crippen LogP contribution in [0.15, 0.2) is 170 Å². The molecule has 10 rings (SSSR count). The average molecular weight is 657 g/mol. The molecule has 0 amide bonds. The van der Waals surface area contributed by atoms with Crippen LogP contribution in [-0.2, 0) is 0 Å². The van der Waals surface area contributed by atoms with Crippen LogP contribution in [0.4, 0.5) is 0 Å². The molecule has 234 valence electrons. The Hall–Kier alpha value is -6.43. The largest absolute Gasteiger partial charge is 0.309 e. The van der Waals surface area contributed by atoms with Crippen LogP contribution >= 0.6 is 11.3 Å². The highest BCUT2D eigenvalue weighted by Crippen LogP contribution is 2.44. The summed E-state index contributed by atoms with van der Waals surface area (Å²) in [7, 11) is 0. The Bertz CT molecular complexity index is 2800. The lowest BCUT2D eigenvalue weighted by Crippen LogP contribution is -2.01. The first-order valence-electron chi connectivity index (χ1n) is 16.7. The van der Waals surface area contributed by atoms with E-state index in [1.807, 2.05) is 47.7 Å². The lowest BCUT2D eigenvalue weighted by Gasteiger charge is -2.13. The Morgan fingerprint density at radius 2 is 0.940 bits per heavy atom. The van der Waals surface area contributed by atoms with Crippen LogP contribution in [0.5, 0.6) is 0 Å². The van der Waals surface area contributed by atoms with Crippen LogP contribution in [0.1, 0.15) is 0 Å². The fourth-order valence-corrected chi connectivity index (χ4v) is 8.40. The Morgan fingerprint density at radius 3 is 1.64 bits per heavy atom. The molecule has 0 spiro atoms. The summed E-state index contributed by atoms with van der Waals surface area (Å²) in [5.41, 5.74) is 8.69. The number of hydrogen-bond donors (Lipinski definition) is 0. The number of para-hydroxylation sites is 1. The van der Waals surface area contributed by atoms with E-state index in [2.05, 4.69) is 138 Å².